The van der Waals surface area contributed by atoms with Gasteiger partial charge in [0.25, 0.3) is 0 Å². The van der Waals surface area contributed by atoms with Gasteiger partial charge in [-0.15, -0.1) is 0 Å². The molecule has 0 amide bonds. The molecule has 0 aliphatic carbocycles. The third-order valence-corrected chi connectivity index (χ3v) is 2.95. The zero-order valence-corrected chi connectivity index (χ0v) is 10.4. The smallest absolute Gasteiger partial charge is 0.123 e. The summed E-state index contributed by atoms with van der Waals surface area (Å²) < 4.78 is 13.0. The minimum atomic E-state index is -0.241. The van der Waals surface area contributed by atoms with Crippen molar-refractivity contribution in [3.05, 3.63) is 60.3 Å². The van der Waals surface area contributed by atoms with Gasteiger partial charge in [0.2, 0.25) is 0 Å². The predicted octanol–water partition coefficient (Wildman–Crippen LogP) is 3.59. The molecule has 4 heteroatoms. The van der Waals surface area contributed by atoms with Gasteiger partial charge in [-0.05, 0) is 36.2 Å². The van der Waals surface area contributed by atoms with Crippen LogP contribution in [0.4, 0.5) is 4.39 Å². The molecule has 0 aliphatic rings. The lowest BCUT2D eigenvalue weighted by molar-refractivity contribution is 0.628. The van der Waals surface area contributed by atoms with Crippen LogP contribution in [0.15, 0.2) is 48.9 Å². The molecule has 94 valence electrons. The van der Waals surface area contributed by atoms with Crippen LogP contribution in [0.25, 0.3) is 22.4 Å². The van der Waals surface area contributed by atoms with E-state index in [1.807, 2.05) is 19.2 Å². The number of aromatic nitrogens is 3. The summed E-state index contributed by atoms with van der Waals surface area (Å²) in [6.07, 6.45) is 5.34. The van der Waals surface area contributed by atoms with Crippen molar-refractivity contribution in [2.24, 2.45) is 0 Å². The van der Waals surface area contributed by atoms with Crippen molar-refractivity contribution in [3.8, 4) is 22.4 Å². The molecule has 1 aromatic carbocycles. The standard InChI is InChI=1S/C15H12FN3/c1-10-6-14(11-2-4-13(16)5-3-11)15(17-7-10)12-8-18-19-9-12/h2-9H,1H3,(H,18,19). The Balaban J connectivity index is 2.19. The van der Waals surface area contributed by atoms with Crippen molar-refractivity contribution >= 4 is 0 Å². The molecule has 1 N–H and O–H groups in total. The highest BCUT2D eigenvalue weighted by atomic mass is 19.1. The first kappa shape index (κ1) is 11.6. The summed E-state index contributed by atoms with van der Waals surface area (Å²) in [5.41, 5.74) is 4.73. The molecule has 2 heterocycles. The van der Waals surface area contributed by atoms with E-state index in [4.69, 9.17) is 0 Å². The fraction of sp³-hybridized carbons (Fsp3) is 0.0667. The number of halogens is 1. The van der Waals surface area contributed by atoms with Gasteiger partial charge in [0, 0.05) is 23.5 Å². The number of pyridine rings is 1. The summed E-state index contributed by atoms with van der Waals surface area (Å²) in [5, 5.41) is 6.73. The Bertz CT molecular complexity index is 688. The molecule has 0 atom stereocenters. The molecule has 0 spiro atoms. The molecule has 3 rings (SSSR count). The van der Waals surface area contributed by atoms with E-state index in [1.165, 1.54) is 12.1 Å². The van der Waals surface area contributed by atoms with Crippen molar-refractivity contribution in [3.63, 3.8) is 0 Å². The maximum atomic E-state index is 13.0. The van der Waals surface area contributed by atoms with Crippen LogP contribution >= 0.6 is 0 Å². The zero-order valence-electron chi connectivity index (χ0n) is 10.4. The van der Waals surface area contributed by atoms with E-state index >= 15 is 0 Å². The van der Waals surface area contributed by atoms with Gasteiger partial charge in [-0.1, -0.05) is 12.1 Å². The molecule has 3 nitrogen and oxygen atoms in total. The first-order chi connectivity index (χ1) is 9.24. The first-order valence-electron chi connectivity index (χ1n) is 5.96. The summed E-state index contributed by atoms with van der Waals surface area (Å²) in [4.78, 5) is 4.47. The lowest BCUT2D eigenvalue weighted by atomic mass is 10.00. The second kappa shape index (κ2) is 4.65. The van der Waals surface area contributed by atoms with E-state index < -0.39 is 0 Å². The van der Waals surface area contributed by atoms with Crippen molar-refractivity contribution in [2.45, 2.75) is 6.92 Å². The molecular weight excluding hydrogens is 241 g/mol. The van der Waals surface area contributed by atoms with Gasteiger partial charge >= 0.3 is 0 Å². The summed E-state index contributed by atoms with van der Waals surface area (Å²) in [5.74, 6) is -0.241. The van der Waals surface area contributed by atoms with E-state index in [2.05, 4.69) is 15.2 Å². The number of benzene rings is 1. The van der Waals surface area contributed by atoms with E-state index in [0.29, 0.717) is 0 Å². The quantitative estimate of drug-likeness (QED) is 0.758. The predicted molar refractivity (Wildman–Crippen MR) is 71.9 cm³/mol. The second-order valence-corrected chi connectivity index (χ2v) is 4.40. The summed E-state index contributed by atoms with van der Waals surface area (Å²) in [7, 11) is 0. The molecule has 0 bridgehead atoms. The van der Waals surface area contributed by atoms with Gasteiger partial charge in [0.1, 0.15) is 5.82 Å². The van der Waals surface area contributed by atoms with E-state index in [0.717, 1.165) is 27.9 Å². The van der Waals surface area contributed by atoms with Crippen LogP contribution in [-0.4, -0.2) is 15.2 Å². The number of aromatic amines is 1. The van der Waals surface area contributed by atoms with Crippen molar-refractivity contribution < 1.29 is 4.39 Å². The summed E-state index contributed by atoms with van der Waals surface area (Å²) in [6.45, 7) is 1.99. The average Bonchev–Trinajstić information content (AvgIpc) is 2.93. The van der Waals surface area contributed by atoms with Gasteiger partial charge in [-0.3, -0.25) is 10.1 Å². The van der Waals surface area contributed by atoms with Gasteiger partial charge in [0.05, 0.1) is 11.9 Å². The highest BCUT2D eigenvalue weighted by molar-refractivity contribution is 5.80. The second-order valence-electron chi connectivity index (χ2n) is 4.40. The molecule has 0 unspecified atom stereocenters. The minimum absolute atomic E-state index is 0.241. The van der Waals surface area contributed by atoms with Gasteiger partial charge in [0.15, 0.2) is 0 Å². The molecule has 0 aliphatic heterocycles. The van der Waals surface area contributed by atoms with Crippen LogP contribution in [-0.2, 0) is 0 Å². The molecule has 0 saturated heterocycles. The van der Waals surface area contributed by atoms with Gasteiger partial charge in [-0.25, -0.2) is 4.39 Å². The van der Waals surface area contributed by atoms with Gasteiger partial charge in [-0.2, -0.15) is 5.10 Å². The Kier molecular flexibility index (Phi) is 2.83. The average molecular weight is 253 g/mol. The Morgan fingerprint density at radius 1 is 1.05 bits per heavy atom. The van der Waals surface area contributed by atoms with E-state index in [1.54, 1.807) is 24.5 Å². The molecular formula is C15H12FN3. The van der Waals surface area contributed by atoms with Crippen LogP contribution < -0.4 is 0 Å². The topological polar surface area (TPSA) is 41.6 Å². The Morgan fingerprint density at radius 2 is 1.84 bits per heavy atom. The molecule has 19 heavy (non-hydrogen) atoms. The number of rotatable bonds is 2. The van der Waals surface area contributed by atoms with Crippen LogP contribution in [0.5, 0.6) is 0 Å². The molecule has 0 fully saturated rings. The van der Waals surface area contributed by atoms with Crippen LogP contribution in [0.1, 0.15) is 5.56 Å². The zero-order chi connectivity index (χ0) is 13.2. The van der Waals surface area contributed by atoms with Crippen molar-refractivity contribution in [2.75, 3.05) is 0 Å². The normalized spacial score (nSPS) is 10.6. The number of hydrogen-bond acceptors (Lipinski definition) is 2. The number of nitrogens with one attached hydrogen (secondary N) is 1. The van der Waals surface area contributed by atoms with E-state index in [9.17, 15) is 4.39 Å². The molecule has 3 aromatic rings. The number of nitrogens with zero attached hydrogens (tertiary/aromatic N) is 2. The Hall–Kier alpha value is -2.49. The molecule has 0 saturated carbocycles. The maximum Gasteiger partial charge on any atom is 0.123 e. The largest absolute Gasteiger partial charge is 0.285 e. The Morgan fingerprint density at radius 3 is 2.53 bits per heavy atom. The summed E-state index contributed by atoms with van der Waals surface area (Å²) >= 11 is 0. The van der Waals surface area contributed by atoms with Crippen LogP contribution in [0, 0.1) is 12.7 Å². The minimum Gasteiger partial charge on any atom is -0.285 e. The summed E-state index contributed by atoms with van der Waals surface area (Å²) in [6, 6.07) is 8.47. The third kappa shape index (κ3) is 2.25. The fourth-order valence-corrected chi connectivity index (χ4v) is 2.03. The van der Waals surface area contributed by atoms with Crippen LogP contribution in [0.3, 0.4) is 0 Å². The lowest BCUT2D eigenvalue weighted by Crippen LogP contribution is -1.90. The van der Waals surface area contributed by atoms with Crippen LogP contribution in [0.2, 0.25) is 0 Å². The highest BCUT2D eigenvalue weighted by Gasteiger charge is 2.10. The van der Waals surface area contributed by atoms with Crippen molar-refractivity contribution in [1.29, 1.82) is 0 Å². The third-order valence-electron chi connectivity index (χ3n) is 2.95. The maximum absolute atomic E-state index is 13.0. The number of H-pyrrole nitrogens is 1. The monoisotopic (exact) mass is 253 g/mol. The van der Waals surface area contributed by atoms with Gasteiger partial charge < -0.3 is 0 Å². The highest BCUT2D eigenvalue weighted by Crippen LogP contribution is 2.30. The van der Waals surface area contributed by atoms with Crippen molar-refractivity contribution in [1.82, 2.24) is 15.2 Å². The Labute approximate surface area is 110 Å². The molecule has 0 radical (unpaired) electrons. The lowest BCUT2D eigenvalue weighted by Gasteiger charge is -2.08. The number of hydrogen-bond donors (Lipinski definition) is 1. The number of aryl methyl sites for hydroxylation is 1. The van der Waals surface area contributed by atoms with E-state index in [-0.39, 0.29) is 5.82 Å². The molecule has 2 aromatic heterocycles. The SMILES string of the molecule is Cc1cnc(-c2cn[nH]c2)c(-c2ccc(F)cc2)c1. The fourth-order valence-electron chi connectivity index (χ4n) is 2.03. The first-order valence-corrected chi connectivity index (χ1v) is 5.96.